The molecule has 0 saturated heterocycles. The van der Waals surface area contributed by atoms with Crippen LogP contribution >= 0.6 is 0 Å². The summed E-state index contributed by atoms with van der Waals surface area (Å²) in [6.45, 7) is 6.48. The van der Waals surface area contributed by atoms with Gasteiger partial charge in [-0.2, -0.15) is 0 Å². The highest BCUT2D eigenvalue weighted by atomic mass is 15.1. The minimum atomic E-state index is 0.680. The lowest BCUT2D eigenvalue weighted by Crippen LogP contribution is -2.21. The lowest BCUT2D eigenvalue weighted by molar-refractivity contribution is 0.277. The van der Waals surface area contributed by atoms with Gasteiger partial charge in [0.1, 0.15) is 0 Å². The van der Waals surface area contributed by atoms with Crippen molar-refractivity contribution in [2.45, 2.75) is 52.1 Å². The first-order valence-electron chi connectivity index (χ1n) is 6.52. The molecule has 3 heteroatoms. The molecule has 2 unspecified atom stereocenters. The Labute approximate surface area is 98.3 Å². The molecule has 0 aliphatic heterocycles. The number of hydrogen-bond donors (Lipinski definition) is 1. The molecule has 1 aliphatic rings. The van der Waals surface area contributed by atoms with Crippen LogP contribution in [0.1, 0.15) is 51.3 Å². The Hall–Kier alpha value is -0.830. The molecule has 0 spiro atoms. The largest absolute Gasteiger partial charge is 0.330 e. The standard InChI is InChI=1S/C13H23N3/c1-3-14-8-13-9-15-10-16(13)12-6-4-5-11(2)7-12/h9-12,14H,3-8H2,1-2H3. The van der Waals surface area contributed by atoms with Crippen molar-refractivity contribution in [3.8, 4) is 0 Å². The first kappa shape index (κ1) is 11.6. The molecule has 1 aromatic heterocycles. The lowest BCUT2D eigenvalue weighted by Gasteiger charge is -2.29. The van der Waals surface area contributed by atoms with Crippen molar-refractivity contribution in [3.63, 3.8) is 0 Å². The van der Waals surface area contributed by atoms with Gasteiger partial charge in [0.05, 0.1) is 12.0 Å². The van der Waals surface area contributed by atoms with E-state index in [1.54, 1.807) is 0 Å². The fraction of sp³-hybridized carbons (Fsp3) is 0.769. The monoisotopic (exact) mass is 221 g/mol. The van der Waals surface area contributed by atoms with Crippen molar-refractivity contribution in [3.05, 3.63) is 18.2 Å². The van der Waals surface area contributed by atoms with Gasteiger partial charge in [-0.25, -0.2) is 4.98 Å². The highest BCUT2D eigenvalue weighted by Gasteiger charge is 2.21. The van der Waals surface area contributed by atoms with Crippen molar-refractivity contribution in [2.24, 2.45) is 5.92 Å². The Balaban J connectivity index is 2.04. The normalized spacial score (nSPS) is 25.9. The predicted octanol–water partition coefficient (Wildman–Crippen LogP) is 2.74. The second kappa shape index (κ2) is 5.48. The van der Waals surface area contributed by atoms with Crippen LogP contribution < -0.4 is 5.32 Å². The highest BCUT2D eigenvalue weighted by molar-refractivity contribution is 5.01. The molecule has 90 valence electrons. The number of hydrogen-bond acceptors (Lipinski definition) is 2. The van der Waals surface area contributed by atoms with E-state index in [0.29, 0.717) is 6.04 Å². The van der Waals surface area contributed by atoms with Crippen LogP contribution in [0.2, 0.25) is 0 Å². The van der Waals surface area contributed by atoms with E-state index in [4.69, 9.17) is 0 Å². The van der Waals surface area contributed by atoms with Gasteiger partial charge >= 0.3 is 0 Å². The number of rotatable bonds is 4. The number of nitrogens with zero attached hydrogens (tertiary/aromatic N) is 2. The lowest BCUT2D eigenvalue weighted by atomic mass is 9.87. The van der Waals surface area contributed by atoms with E-state index in [2.05, 4.69) is 28.7 Å². The Bertz CT molecular complexity index is 319. The summed E-state index contributed by atoms with van der Waals surface area (Å²) < 4.78 is 2.39. The predicted molar refractivity (Wildman–Crippen MR) is 66.3 cm³/mol. The zero-order valence-electron chi connectivity index (χ0n) is 10.4. The van der Waals surface area contributed by atoms with E-state index < -0.39 is 0 Å². The average molecular weight is 221 g/mol. The molecule has 16 heavy (non-hydrogen) atoms. The fourth-order valence-corrected chi connectivity index (χ4v) is 2.71. The summed E-state index contributed by atoms with van der Waals surface area (Å²) in [5.41, 5.74) is 1.33. The summed E-state index contributed by atoms with van der Waals surface area (Å²) in [5.74, 6) is 0.869. The van der Waals surface area contributed by atoms with Gasteiger partial charge in [0.25, 0.3) is 0 Å². The van der Waals surface area contributed by atoms with Crippen molar-refractivity contribution in [1.29, 1.82) is 0 Å². The molecule has 0 aromatic carbocycles. The Morgan fingerprint density at radius 2 is 2.38 bits per heavy atom. The van der Waals surface area contributed by atoms with Gasteiger partial charge in [0.15, 0.2) is 0 Å². The summed E-state index contributed by atoms with van der Waals surface area (Å²) in [6, 6.07) is 0.680. The minimum absolute atomic E-state index is 0.680. The van der Waals surface area contributed by atoms with Gasteiger partial charge in [-0.05, 0) is 25.3 Å². The van der Waals surface area contributed by atoms with Crippen LogP contribution in [0.5, 0.6) is 0 Å². The summed E-state index contributed by atoms with van der Waals surface area (Å²) >= 11 is 0. The van der Waals surface area contributed by atoms with Crippen molar-refractivity contribution in [2.75, 3.05) is 6.54 Å². The molecule has 0 radical (unpaired) electrons. The molecule has 0 amide bonds. The molecule has 3 nitrogen and oxygen atoms in total. The van der Waals surface area contributed by atoms with Crippen molar-refractivity contribution in [1.82, 2.24) is 14.9 Å². The summed E-state index contributed by atoms with van der Waals surface area (Å²) in [6.07, 6.45) is 9.41. The third-order valence-corrected chi connectivity index (χ3v) is 3.60. The van der Waals surface area contributed by atoms with Crippen LogP contribution in [0.3, 0.4) is 0 Å². The quantitative estimate of drug-likeness (QED) is 0.847. The van der Waals surface area contributed by atoms with Crippen LogP contribution in [-0.2, 0) is 6.54 Å². The molecule has 1 N–H and O–H groups in total. The van der Waals surface area contributed by atoms with Crippen LogP contribution in [-0.4, -0.2) is 16.1 Å². The number of nitrogens with one attached hydrogen (secondary N) is 1. The summed E-state index contributed by atoms with van der Waals surface area (Å²) in [4.78, 5) is 4.30. The maximum absolute atomic E-state index is 4.30. The Morgan fingerprint density at radius 3 is 3.12 bits per heavy atom. The van der Waals surface area contributed by atoms with E-state index in [0.717, 1.165) is 19.0 Å². The summed E-state index contributed by atoms with van der Waals surface area (Å²) in [5, 5.41) is 3.38. The third kappa shape index (κ3) is 2.64. The molecule has 1 aromatic rings. The van der Waals surface area contributed by atoms with Gasteiger partial charge in [0.2, 0.25) is 0 Å². The third-order valence-electron chi connectivity index (χ3n) is 3.60. The topological polar surface area (TPSA) is 29.9 Å². The molecule has 0 bridgehead atoms. The smallest absolute Gasteiger partial charge is 0.0951 e. The molecular weight excluding hydrogens is 198 g/mol. The molecule has 1 aliphatic carbocycles. The molecule has 1 saturated carbocycles. The molecule has 1 heterocycles. The van der Waals surface area contributed by atoms with Crippen molar-refractivity contribution >= 4 is 0 Å². The van der Waals surface area contributed by atoms with E-state index in [-0.39, 0.29) is 0 Å². The van der Waals surface area contributed by atoms with Gasteiger partial charge in [-0.3, -0.25) is 0 Å². The SMILES string of the molecule is CCNCc1cncn1C1CCCC(C)C1. The highest BCUT2D eigenvalue weighted by Crippen LogP contribution is 2.32. The zero-order chi connectivity index (χ0) is 11.4. The maximum atomic E-state index is 4.30. The number of aromatic nitrogens is 2. The second-order valence-corrected chi connectivity index (χ2v) is 5.00. The van der Waals surface area contributed by atoms with Crippen LogP contribution in [0.25, 0.3) is 0 Å². The van der Waals surface area contributed by atoms with Gasteiger partial charge in [-0.15, -0.1) is 0 Å². The van der Waals surface area contributed by atoms with E-state index in [1.165, 1.54) is 31.4 Å². The van der Waals surface area contributed by atoms with E-state index in [9.17, 15) is 0 Å². The zero-order valence-corrected chi connectivity index (χ0v) is 10.4. The fourth-order valence-electron chi connectivity index (χ4n) is 2.71. The first-order valence-corrected chi connectivity index (χ1v) is 6.52. The van der Waals surface area contributed by atoms with E-state index >= 15 is 0 Å². The summed E-state index contributed by atoms with van der Waals surface area (Å²) in [7, 11) is 0. The molecule has 2 atom stereocenters. The maximum Gasteiger partial charge on any atom is 0.0951 e. The molecular formula is C13H23N3. The van der Waals surface area contributed by atoms with Crippen LogP contribution in [0.4, 0.5) is 0 Å². The molecule has 2 rings (SSSR count). The van der Waals surface area contributed by atoms with Gasteiger partial charge in [0, 0.05) is 18.8 Å². The number of imidazole rings is 1. The first-order chi connectivity index (χ1) is 7.81. The minimum Gasteiger partial charge on any atom is -0.330 e. The molecule has 1 fully saturated rings. The average Bonchev–Trinajstić information content (AvgIpc) is 2.74. The van der Waals surface area contributed by atoms with Crippen molar-refractivity contribution < 1.29 is 0 Å². The van der Waals surface area contributed by atoms with Gasteiger partial charge < -0.3 is 9.88 Å². The van der Waals surface area contributed by atoms with Crippen LogP contribution in [0.15, 0.2) is 12.5 Å². The second-order valence-electron chi connectivity index (χ2n) is 5.00. The van der Waals surface area contributed by atoms with Crippen LogP contribution in [0, 0.1) is 5.92 Å². The van der Waals surface area contributed by atoms with E-state index in [1.807, 2.05) is 12.5 Å². The Morgan fingerprint density at radius 1 is 1.50 bits per heavy atom. The van der Waals surface area contributed by atoms with Gasteiger partial charge in [-0.1, -0.05) is 26.7 Å². The Kier molecular flexibility index (Phi) is 3.99.